The number of carbonyl (C=O) groups excluding carboxylic acids is 1. The van der Waals surface area contributed by atoms with E-state index in [1.807, 2.05) is 29.2 Å². The fourth-order valence-corrected chi connectivity index (χ4v) is 3.72. The number of fused-ring (bicyclic) bond motifs is 1. The van der Waals surface area contributed by atoms with Crippen molar-refractivity contribution in [3.8, 4) is 0 Å². The number of benzene rings is 1. The van der Waals surface area contributed by atoms with Gasteiger partial charge >= 0.3 is 0 Å². The van der Waals surface area contributed by atoms with E-state index in [0.717, 1.165) is 33.2 Å². The average molecular weight is 433 g/mol. The maximum absolute atomic E-state index is 12.5. The minimum Gasteiger partial charge on any atom is -0.352 e. The first-order valence-corrected chi connectivity index (χ1v) is 8.58. The molecule has 1 aromatic heterocycles. The van der Waals surface area contributed by atoms with Crippen molar-refractivity contribution in [1.82, 2.24) is 9.88 Å². The van der Waals surface area contributed by atoms with Gasteiger partial charge in [0.05, 0.1) is 15.5 Å². The average Bonchev–Trinajstić information content (AvgIpc) is 2.74. The number of hydrogen-bond donors (Lipinski definition) is 1. The lowest BCUT2D eigenvalue weighted by atomic mass is 10.1. The Balaban J connectivity index is 1.73. The van der Waals surface area contributed by atoms with Crippen molar-refractivity contribution < 1.29 is 4.79 Å². The summed E-state index contributed by atoms with van der Waals surface area (Å²) < 4.78 is 1.95. The van der Waals surface area contributed by atoms with Crippen molar-refractivity contribution in [1.29, 1.82) is 0 Å². The summed E-state index contributed by atoms with van der Waals surface area (Å²) in [5, 5.41) is 0.665. The van der Waals surface area contributed by atoms with Gasteiger partial charge in [-0.05, 0) is 49.6 Å². The van der Waals surface area contributed by atoms with Crippen molar-refractivity contribution in [2.75, 3.05) is 6.54 Å². The number of carbonyl (C=O) groups is 1. The van der Waals surface area contributed by atoms with Crippen LogP contribution in [0.15, 0.2) is 33.3 Å². The van der Waals surface area contributed by atoms with Gasteiger partial charge in [-0.2, -0.15) is 0 Å². The molecule has 0 aliphatic carbocycles. The van der Waals surface area contributed by atoms with E-state index in [-0.39, 0.29) is 5.91 Å². The summed E-state index contributed by atoms with van der Waals surface area (Å²) in [6.45, 7) is 1.38. The zero-order valence-corrected chi connectivity index (χ0v) is 15.1. The van der Waals surface area contributed by atoms with Gasteiger partial charge in [-0.3, -0.25) is 4.79 Å². The topological polar surface area (TPSA) is 36.1 Å². The van der Waals surface area contributed by atoms with Crippen LogP contribution in [0.5, 0.6) is 0 Å². The number of nitrogens with zero attached hydrogens (tertiary/aromatic N) is 1. The molecule has 1 N–H and O–H groups in total. The molecule has 1 aliphatic rings. The number of amides is 1. The van der Waals surface area contributed by atoms with Crippen LogP contribution in [0.2, 0.25) is 5.02 Å². The molecule has 0 unspecified atom stereocenters. The summed E-state index contributed by atoms with van der Waals surface area (Å²) in [7, 11) is 0. The van der Waals surface area contributed by atoms with Gasteiger partial charge < -0.3 is 9.88 Å². The molecule has 21 heavy (non-hydrogen) atoms. The number of aromatic amines is 1. The van der Waals surface area contributed by atoms with Crippen LogP contribution < -0.4 is 0 Å². The van der Waals surface area contributed by atoms with Crippen molar-refractivity contribution in [3.63, 3.8) is 0 Å². The van der Waals surface area contributed by atoms with E-state index in [4.69, 9.17) is 11.6 Å². The van der Waals surface area contributed by atoms with Crippen molar-refractivity contribution in [2.45, 2.75) is 19.4 Å². The van der Waals surface area contributed by atoms with E-state index in [1.165, 1.54) is 5.69 Å². The Bertz CT molecular complexity index is 699. The lowest BCUT2D eigenvalue weighted by Gasteiger charge is -2.27. The second-order valence-electron chi connectivity index (χ2n) is 5.08. The number of hydrogen-bond acceptors (Lipinski definition) is 1. The highest BCUT2D eigenvalue weighted by molar-refractivity contribution is 9.13. The molecule has 1 aliphatic heterocycles. The molecule has 110 valence electrons. The first-order chi connectivity index (χ1) is 10.0. The Labute approximate surface area is 144 Å². The predicted octanol–water partition coefficient (Wildman–Crippen LogP) is 4.32. The van der Waals surface area contributed by atoms with E-state index in [1.54, 1.807) is 0 Å². The summed E-state index contributed by atoms with van der Waals surface area (Å²) in [6, 6.07) is 7.47. The molecular formula is C15H13Br2ClN2O. The minimum absolute atomic E-state index is 0.132. The standard InChI is InChI=1S/C15H13Br2ClN2O/c16-14-11-8-20(5-4-12(11)19-15(14)17)13(21)7-9-2-1-3-10(18)6-9/h1-3,6,19H,4-5,7-8H2. The second-order valence-corrected chi connectivity index (χ2v) is 7.10. The third-order valence-electron chi connectivity index (χ3n) is 3.66. The monoisotopic (exact) mass is 430 g/mol. The van der Waals surface area contributed by atoms with E-state index in [2.05, 4.69) is 36.8 Å². The van der Waals surface area contributed by atoms with E-state index >= 15 is 0 Å². The first-order valence-electron chi connectivity index (χ1n) is 6.61. The lowest BCUT2D eigenvalue weighted by molar-refractivity contribution is -0.131. The van der Waals surface area contributed by atoms with Gasteiger partial charge in [-0.1, -0.05) is 23.7 Å². The highest BCUT2D eigenvalue weighted by atomic mass is 79.9. The molecule has 0 radical (unpaired) electrons. The first kappa shape index (κ1) is 15.1. The number of aromatic nitrogens is 1. The van der Waals surface area contributed by atoms with Crippen LogP contribution in [0.25, 0.3) is 0 Å². The molecule has 3 rings (SSSR count). The summed E-state index contributed by atoms with van der Waals surface area (Å²) in [4.78, 5) is 17.6. The summed E-state index contributed by atoms with van der Waals surface area (Å²) in [5.41, 5.74) is 3.31. The third kappa shape index (κ3) is 3.20. The Morgan fingerprint density at radius 2 is 2.19 bits per heavy atom. The summed E-state index contributed by atoms with van der Waals surface area (Å²) in [6.07, 6.45) is 1.24. The number of halogens is 3. The van der Waals surface area contributed by atoms with E-state index < -0.39 is 0 Å². The van der Waals surface area contributed by atoms with Gasteiger partial charge in [-0.15, -0.1) is 0 Å². The maximum atomic E-state index is 12.5. The van der Waals surface area contributed by atoms with Gasteiger partial charge in [0.25, 0.3) is 0 Å². The molecule has 0 saturated heterocycles. The van der Waals surface area contributed by atoms with Crippen LogP contribution in [0.4, 0.5) is 0 Å². The highest BCUT2D eigenvalue weighted by Gasteiger charge is 2.25. The zero-order valence-electron chi connectivity index (χ0n) is 11.1. The molecule has 2 aromatic rings. The van der Waals surface area contributed by atoms with Crippen molar-refractivity contribution in [3.05, 3.63) is 55.2 Å². The fourth-order valence-electron chi connectivity index (χ4n) is 2.57. The molecule has 6 heteroatoms. The number of rotatable bonds is 2. The van der Waals surface area contributed by atoms with Crippen LogP contribution in [0.1, 0.15) is 16.8 Å². The molecule has 0 spiro atoms. The van der Waals surface area contributed by atoms with Crippen molar-refractivity contribution >= 4 is 49.4 Å². The Morgan fingerprint density at radius 3 is 2.95 bits per heavy atom. The molecule has 0 saturated carbocycles. The minimum atomic E-state index is 0.132. The maximum Gasteiger partial charge on any atom is 0.227 e. The van der Waals surface area contributed by atoms with Gasteiger partial charge in [-0.25, -0.2) is 0 Å². The van der Waals surface area contributed by atoms with Gasteiger partial charge in [0, 0.05) is 35.8 Å². The number of H-pyrrole nitrogens is 1. The molecule has 0 bridgehead atoms. The van der Waals surface area contributed by atoms with Crippen molar-refractivity contribution in [2.24, 2.45) is 0 Å². The molecule has 1 aromatic carbocycles. The molecule has 0 fully saturated rings. The highest BCUT2D eigenvalue weighted by Crippen LogP contribution is 2.33. The van der Waals surface area contributed by atoms with Crippen LogP contribution in [0, 0.1) is 0 Å². The number of nitrogens with one attached hydrogen (secondary N) is 1. The molecule has 1 amide bonds. The predicted molar refractivity (Wildman–Crippen MR) is 90.5 cm³/mol. The van der Waals surface area contributed by atoms with Crippen LogP contribution in [-0.4, -0.2) is 22.3 Å². The smallest absolute Gasteiger partial charge is 0.227 e. The van der Waals surface area contributed by atoms with Crippen LogP contribution in [-0.2, 0) is 24.2 Å². The van der Waals surface area contributed by atoms with Gasteiger partial charge in [0.2, 0.25) is 5.91 Å². The molecule has 0 atom stereocenters. The van der Waals surface area contributed by atoms with E-state index in [9.17, 15) is 4.79 Å². The SMILES string of the molecule is O=C(Cc1cccc(Cl)c1)N1CCc2[nH]c(Br)c(Br)c2C1. The molecule has 2 heterocycles. The molecule has 3 nitrogen and oxygen atoms in total. The normalized spacial score (nSPS) is 14.1. The molecular weight excluding hydrogens is 419 g/mol. The van der Waals surface area contributed by atoms with Gasteiger partial charge in [0.1, 0.15) is 0 Å². The Kier molecular flexibility index (Phi) is 4.43. The van der Waals surface area contributed by atoms with E-state index in [0.29, 0.717) is 18.0 Å². The largest absolute Gasteiger partial charge is 0.352 e. The summed E-state index contributed by atoms with van der Waals surface area (Å²) >= 11 is 13.0. The van der Waals surface area contributed by atoms with Crippen LogP contribution >= 0.6 is 43.5 Å². The quantitative estimate of drug-likeness (QED) is 0.754. The van der Waals surface area contributed by atoms with Crippen LogP contribution in [0.3, 0.4) is 0 Å². The fraction of sp³-hybridized carbons (Fsp3) is 0.267. The summed E-state index contributed by atoms with van der Waals surface area (Å²) in [5.74, 6) is 0.132. The third-order valence-corrected chi connectivity index (χ3v) is 5.90. The lowest BCUT2D eigenvalue weighted by Crippen LogP contribution is -2.36. The Hall–Kier alpha value is -0.780. The zero-order chi connectivity index (χ0) is 15.0. The van der Waals surface area contributed by atoms with Gasteiger partial charge in [0.15, 0.2) is 0 Å². The second kappa shape index (κ2) is 6.15. The Morgan fingerprint density at radius 1 is 1.38 bits per heavy atom.